The lowest BCUT2D eigenvalue weighted by Gasteiger charge is -2.36. The summed E-state index contributed by atoms with van der Waals surface area (Å²) in [5.41, 5.74) is 4.53. The van der Waals surface area contributed by atoms with Gasteiger partial charge < -0.3 is 30.5 Å². The first-order valence-electron chi connectivity index (χ1n) is 15.4. The van der Waals surface area contributed by atoms with Gasteiger partial charge in [0.25, 0.3) is 0 Å². The fraction of sp³-hybridized carbons (Fsp3) is 0.400. The van der Waals surface area contributed by atoms with Crippen molar-refractivity contribution in [3.05, 3.63) is 95.1 Å². The van der Waals surface area contributed by atoms with E-state index in [1.807, 2.05) is 72.8 Å². The normalized spacial score (nSPS) is 17.8. The van der Waals surface area contributed by atoms with Gasteiger partial charge in [0.15, 0.2) is 6.29 Å². The number of aliphatic hydroxyl groups is 1. The fourth-order valence-electron chi connectivity index (χ4n) is 4.98. The summed E-state index contributed by atoms with van der Waals surface area (Å²) in [7, 11) is 0. The Kier molecular flexibility index (Phi) is 13.4. The topological polar surface area (TPSA) is 126 Å². The number of ether oxygens (including phenoxy) is 2. The minimum atomic E-state index is -0.560. The number of carbonyl (C=O) groups excluding carboxylic acids is 3. The molecular formula is C35H43N3O6S. The number of amides is 3. The molecule has 45 heavy (non-hydrogen) atoms. The highest BCUT2D eigenvalue weighted by molar-refractivity contribution is 7.99. The molecule has 240 valence electrons. The molecule has 4 N–H and O–H groups in total. The number of hydrogen-bond acceptors (Lipinski definition) is 7. The molecule has 1 heterocycles. The third kappa shape index (κ3) is 11.6. The largest absolute Gasteiger partial charge is 0.392 e. The third-order valence-corrected chi connectivity index (χ3v) is 8.57. The van der Waals surface area contributed by atoms with Gasteiger partial charge in [-0.3, -0.25) is 14.4 Å². The van der Waals surface area contributed by atoms with E-state index in [1.165, 1.54) is 13.8 Å². The molecule has 0 aromatic heterocycles. The van der Waals surface area contributed by atoms with E-state index in [-0.39, 0.29) is 36.5 Å². The number of rotatable bonds is 15. The first kappa shape index (κ1) is 34.2. The van der Waals surface area contributed by atoms with Crippen molar-refractivity contribution < 1.29 is 29.0 Å². The zero-order chi connectivity index (χ0) is 32.0. The zero-order valence-corrected chi connectivity index (χ0v) is 26.7. The monoisotopic (exact) mass is 633 g/mol. The maximum atomic E-state index is 12.3. The predicted octanol–water partition coefficient (Wildman–Crippen LogP) is 5.79. The van der Waals surface area contributed by atoms with Crippen molar-refractivity contribution in [2.45, 2.75) is 82.5 Å². The number of aliphatic hydroxyl groups excluding tert-OH is 1. The number of nitrogens with one attached hydrogen (secondary N) is 3. The number of unbranched alkanes of at least 4 members (excludes halogenated alkanes) is 2. The number of anilines is 1. The Labute approximate surface area is 269 Å². The minimum Gasteiger partial charge on any atom is -0.392 e. The van der Waals surface area contributed by atoms with Gasteiger partial charge in [-0.2, -0.15) is 0 Å². The van der Waals surface area contributed by atoms with E-state index in [2.05, 4.69) is 16.0 Å². The van der Waals surface area contributed by atoms with Gasteiger partial charge in [0.2, 0.25) is 17.7 Å². The van der Waals surface area contributed by atoms with E-state index in [9.17, 15) is 19.5 Å². The number of hydrogen-bond donors (Lipinski definition) is 4. The Balaban J connectivity index is 1.33. The van der Waals surface area contributed by atoms with E-state index < -0.39 is 6.29 Å². The summed E-state index contributed by atoms with van der Waals surface area (Å²) in [5.74, 6) is 0.603. The van der Waals surface area contributed by atoms with Crippen LogP contribution in [0.5, 0.6) is 0 Å². The molecule has 9 nitrogen and oxygen atoms in total. The van der Waals surface area contributed by atoms with Gasteiger partial charge in [-0.05, 0) is 53.8 Å². The van der Waals surface area contributed by atoms with Crippen LogP contribution in [0.25, 0.3) is 0 Å². The minimum absolute atomic E-state index is 0.00965. The average Bonchev–Trinajstić information content (AvgIpc) is 3.05. The predicted molar refractivity (Wildman–Crippen MR) is 175 cm³/mol. The second-order valence-corrected chi connectivity index (χ2v) is 12.3. The molecule has 0 unspecified atom stereocenters. The van der Waals surface area contributed by atoms with Crippen molar-refractivity contribution in [3.63, 3.8) is 0 Å². The highest BCUT2D eigenvalue weighted by Crippen LogP contribution is 2.39. The van der Waals surface area contributed by atoms with Crippen LogP contribution in [0.4, 0.5) is 5.69 Å². The average molecular weight is 634 g/mol. The van der Waals surface area contributed by atoms with Crippen LogP contribution >= 0.6 is 11.8 Å². The van der Waals surface area contributed by atoms with Gasteiger partial charge in [-0.1, -0.05) is 55.0 Å². The van der Waals surface area contributed by atoms with Crippen LogP contribution in [0, 0.1) is 0 Å². The first-order valence-corrected chi connectivity index (χ1v) is 16.4. The molecule has 0 radical (unpaired) electrons. The molecule has 3 amide bonds. The maximum absolute atomic E-state index is 12.3. The summed E-state index contributed by atoms with van der Waals surface area (Å²) in [5, 5.41) is 18.0. The van der Waals surface area contributed by atoms with Gasteiger partial charge >= 0.3 is 0 Å². The van der Waals surface area contributed by atoms with Gasteiger partial charge in [-0.25, -0.2) is 0 Å². The highest BCUT2D eigenvalue weighted by atomic mass is 32.2. The Bertz CT molecular complexity index is 1380. The van der Waals surface area contributed by atoms with Crippen molar-refractivity contribution in [3.8, 4) is 0 Å². The number of thioether (sulfide) groups is 1. The molecule has 0 spiro atoms. The van der Waals surface area contributed by atoms with E-state index in [1.54, 1.807) is 11.8 Å². The van der Waals surface area contributed by atoms with Crippen molar-refractivity contribution in [2.75, 3.05) is 17.6 Å². The van der Waals surface area contributed by atoms with Gasteiger partial charge in [0.1, 0.15) is 0 Å². The van der Waals surface area contributed by atoms with Crippen molar-refractivity contribution in [1.29, 1.82) is 0 Å². The van der Waals surface area contributed by atoms with Gasteiger partial charge in [0.05, 0.1) is 18.8 Å². The SMILES string of the molecule is CC(=O)NCCCCCC(=O)NCc1ccc([C@H]2O[C@@H](CSc3ccc(NC(C)=O)cc3)C[C@@H](c3ccc(CO)cc3)O2)cc1. The van der Waals surface area contributed by atoms with Crippen LogP contribution in [-0.4, -0.2) is 41.2 Å². The molecule has 10 heteroatoms. The molecule has 0 saturated carbocycles. The smallest absolute Gasteiger partial charge is 0.221 e. The molecule has 1 aliphatic heterocycles. The molecule has 1 saturated heterocycles. The first-order chi connectivity index (χ1) is 21.8. The van der Waals surface area contributed by atoms with Crippen LogP contribution in [-0.2, 0) is 37.0 Å². The Morgan fingerprint density at radius 1 is 0.800 bits per heavy atom. The molecule has 0 bridgehead atoms. The number of benzene rings is 3. The molecule has 1 aliphatic rings. The number of carbonyl (C=O) groups is 3. The van der Waals surface area contributed by atoms with Crippen LogP contribution in [0.2, 0.25) is 0 Å². The lowest BCUT2D eigenvalue weighted by Crippen LogP contribution is -2.31. The zero-order valence-electron chi connectivity index (χ0n) is 25.9. The van der Waals surface area contributed by atoms with E-state index in [0.717, 1.165) is 57.9 Å². The summed E-state index contributed by atoms with van der Waals surface area (Å²) < 4.78 is 12.9. The van der Waals surface area contributed by atoms with Gasteiger partial charge in [0, 0.05) is 61.7 Å². The molecule has 0 aliphatic carbocycles. The second kappa shape index (κ2) is 17.7. The summed E-state index contributed by atoms with van der Waals surface area (Å²) in [4.78, 5) is 35.6. The van der Waals surface area contributed by atoms with Crippen LogP contribution in [0.1, 0.15) is 80.6 Å². The maximum Gasteiger partial charge on any atom is 0.221 e. The lowest BCUT2D eigenvalue weighted by atomic mass is 10.0. The second-order valence-electron chi connectivity index (χ2n) is 11.2. The summed E-state index contributed by atoms with van der Waals surface area (Å²) in [6.07, 6.45) is 2.86. The molecule has 3 aromatic carbocycles. The molecular weight excluding hydrogens is 590 g/mol. The fourth-order valence-corrected chi connectivity index (χ4v) is 5.90. The Morgan fingerprint density at radius 2 is 1.49 bits per heavy atom. The highest BCUT2D eigenvalue weighted by Gasteiger charge is 2.32. The third-order valence-electron chi connectivity index (χ3n) is 7.42. The Morgan fingerprint density at radius 3 is 2.16 bits per heavy atom. The molecule has 3 aromatic rings. The summed E-state index contributed by atoms with van der Waals surface area (Å²) in [6.45, 7) is 4.07. The molecule has 4 rings (SSSR count). The van der Waals surface area contributed by atoms with Crippen LogP contribution in [0.3, 0.4) is 0 Å². The van der Waals surface area contributed by atoms with E-state index >= 15 is 0 Å². The molecule has 1 fully saturated rings. The standard InChI is InChI=1S/C35H43N3O6S/c1-24(40)36-19-5-3-4-6-34(42)37-21-26-7-13-29(14-8-26)35-43-31(20-33(44-35)28-11-9-27(22-39)10-12-28)23-45-32-17-15-30(16-18-32)38-25(2)41/h7-18,31,33,35,39H,3-6,19-23H2,1-2H3,(H,36,40)(H,37,42)(H,38,41)/t31-,33+,35+/m1/s1. The van der Waals surface area contributed by atoms with Gasteiger partial charge in [-0.15, -0.1) is 11.8 Å². The van der Waals surface area contributed by atoms with Crippen LogP contribution < -0.4 is 16.0 Å². The summed E-state index contributed by atoms with van der Waals surface area (Å²) >= 11 is 1.69. The quantitative estimate of drug-likeness (QED) is 0.123. The van der Waals surface area contributed by atoms with Crippen molar-refractivity contribution >= 4 is 35.2 Å². The van der Waals surface area contributed by atoms with E-state index in [4.69, 9.17) is 9.47 Å². The van der Waals surface area contributed by atoms with E-state index in [0.29, 0.717) is 25.9 Å². The molecule has 3 atom stereocenters. The van der Waals surface area contributed by atoms with Crippen LogP contribution in [0.15, 0.2) is 77.7 Å². The van der Waals surface area contributed by atoms with Crippen molar-refractivity contribution in [2.24, 2.45) is 0 Å². The summed E-state index contributed by atoms with van der Waals surface area (Å²) in [6, 6.07) is 23.5. The van der Waals surface area contributed by atoms with Crippen molar-refractivity contribution in [1.82, 2.24) is 10.6 Å². The lowest BCUT2D eigenvalue weighted by molar-refractivity contribution is -0.245. The Hall–Kier alpha value is -3.70.